The van der Waals surface area contributed by atoms with Gasteiger partial charge in [0, 0.05) is 29.1 Å². The smallest absolute Gasteiger partial charge is 0.338 e. The first kappa shape index (κ1) is 25.3. The van der Waals surface area contributed by atoms with E-state index in [4.69, 9.17) is 9.47 Å². The first-order valence-electron chi connectivity index (χ1n) is 11.1. The molecule has 0 amide bonds. The highest BCUT2D eigenvalue weighted by atomic mass is 16.5. The monoisotopic (exact) mass is 437 g/mol. The second-order valence-electron chi connectivity index (χ2n) is 8.59. The van der Waals surface area contributed by atoms with E-state index in [9.17, 15) is 9.59 Å². The van der Waals surface area contributed by atoms with Crippen LogP contribution in [-0.4, -0.2) is 42.6 Å². The van der Waals surface area contributed by atoms with E-state index >= 15 is 0 Å². The number of rotatable bonds is 10. The average molecular weight is 438 g/mol. The Labute approximate surface area is 192 Å². The third kappa shape index (κ3) is 6.54. The molecule has 0 unspecified atom stereocenters. The molecule has 0 bridgehead atoms. The number of methoxy groups -OCH3 is 1. The first-order chi connectivity index (χ1) is 15.1. The van der Waals surface area contributed by atoms with Gasteiger partial charge in [-0.3, -0.25) is 4.90 Å². The summed E-state index contributed by atoms with van der Waals surface area (Å²) in [5.74, 6) is -0.564. The van der Waals surface area contributed by atoms with Crippen LogP contribution < -0.4 is 4.74 Å². The van der Waals surface area contributed by atoms with Crippen LogP contribution in [0.5, 0.6) is 5.75 Å². The molecule has 0 heterocycles. The van der Waals surface area contributed by atoms with E-state index in [1.54, 1.807) is 25.1 Å². The molecule has 5 heteroatoms. The van der Waals surface area contributed by atoms with Crippen LogP contribution in [0.25, 0.3) is 0 Å². The van der Waals surface area contributed by atoms with E-state index in [2.05, 4.69) is 51.3 Å². The lowest BCUT2D eigenvalue weighted by Crippen LogP contribution is -2.38. The summed E-state index contributed by atoms with van der Waals surface area (Å²) in [4.78, 5) is 27.0. The molecule has 32 heavy (non-hydrogen) atoms. The number of hydrogen-bond acceptors (Lipinski definition) is 5. The average Bonchev–Trinajstić information content (AvgIpc) is 2.76. The van der Waals surface area contributed by atoms with E-state index < -0.39 is 11.9 Å². The van der Waals surface area contributed by atoms with Gasteiger partial charge in [-0.05, 0) is 71.3 Å². The highest BCUT2D eigenvalue weighted by Gasteiger charge is 2.24. The summed E-state index contributed by atoms with van der Waals surface area (Å²) >= 11 is 0. The van der Waals surface area contributed by atoms with E-state index in [0.717, 1.165) is 24.1 Å². The maximum Gasteiger partial charge on any atom is 0.338 e. The van der Waals surface area contributed by atoms with Crippen molar-refractivity contribution in [2.24, 2.45) is 0 Å². The lowest BCUT2D eigenvalue weighted by atomic mass is 9.86. The van der Waals surface area contributed by atoms with Crippen molar-refractivity contribution in [1.29, 1.82) is 0 Å². The Bertz CT molecular complexity index is 926. The van der Waals surface area contributed by atoms with Crippen LogP contribution in [0.3, 0.4) is 0 Å². The minimum Gasteiger partial charge on any atom is -0.465 e. The minimum atomic E-state index is -0.491. The Morgan fingerprint density at radius 1 is 1.00 bits per heavy atom. The van der Waals surface area contributed by atoms with Crippen molar-refractivity contribution in [2.45, 2.75) is 59.0 Å². The predicted octanol–water partition coefficient (Wildman–Crippen LogP) is 5.60. The van der Waals surface area contributed by atoms with E-state index in [-0.39, 0.29) is 5.92 Å². The molecule has 0 spiro atoms. The van der Waals surface area contributed by atoms with Crippen LogP contribution >= 0.6 is 0 Å². The largest absolute Gasteiger partial charge is 0.465 e. The zero-order valence-electron chi connectivity index (χ0n) is 20.1. The minimum absolute atomic E-state index is 0.0753. The van der Waals surface area contributed by atoms with Gasteiger partial charge in [0.1, 0.15) is 5.75 Å². The zero-order valence-corrected chi connectivity index (χ0v) is 20.1. The van der Waals surface area contributed by atoms with Crippen LogP contribution in [0.1, 0.15) is 68.4 Å². The summed E-state index contributed by atoms with van der Waals surface area (Å²) in [5.41, 5.74) is 2.61. The molecule has 172 valence electrons. The van der Waals surface area contributed by atoms with Crippen molar-refractivity contribution in [3.8, 4) is 5.75 Å². The second kappa shape index (κ2) is 11.6. The lowest BCUT2D eigenvalue weighted by Gasteiger charge is -2.32. The van der Waals surface area contributed by atoms with Gasteiger partial charge in [0.15, 0.2) is 0 Å². The van der Waals surface area contributed by atoms with Gasteiger partial charge >= 0.3 is 11.9 Å². The number of hydrogen-bond donors (Lipinski definition) is 0. The summed E-state index contributed by atoms with van der Waals surface area (Å²) in [5, 5.41) is 0. The standard InChI is InChI=1S/C27H35NO4/c1-18(2)26(29)32-25-14-13-22(27(30)31-7)17-24(25)23(21-11-9-8-10-12-21)15-16-28(19(3)4)20(5)6/h8-14,17,19-20,23H,1,15-16H2,2-7H3/t23-/m1/s1. The Balaban J connectivity index is 2.57. The lowest BCUT2D eigenvalue weighted by molar-refractivity contribution is -0.130. The third-order valence-corrected chi connectivity index (χ3v) is 5.56. The third-order valence-electron chi connectivity index (χ3n) is 5.56. The van der Waals surface area contributed by atoms with Crippen LogP contribution in [0, 0.1) is 0 Å². The van der Waals surface area contributed by atoms with Crippen molar-refractivity contribution in [3.63, 3.8) is 0 Å². The number of nitrogens with zero attached hydrogens (tertiary/aromatic N) is 1. The van der Waals surface area contributed by atoms with Crippen molar-refractivity contribution >= 4 is 11.9 Å². The number of carbonyl (C=O) groups excluding carboxylic acids is 2. The van der Waals surface area contributed by atoms with Gasteiger partial charge in [0.2, 0.25) is 0 Å². The second-order valence-corrected chi connectivity index (χ2v) is 8.59. The summed E-state index contributed by atoms with van der Waals surface area (Å²) in [7, 11) is 1.36. The van der Waals surface area contributed by atoms with Crippen LogP contribution in [-0.2, 0) is 9.53 Å². The van der Waals surface area contributed by atoms with Gasteiger partial charge in [-0.1, -0.05) is 36.9 Å². The maximum absolute atomic E-state index is 12.3. The van der Waals surface area contributed by atoms with Crippen molar-refractivity contribution in [2.75, 3.05) is 13.7 Å². The zero-order chi connectivity index (χ0) is 23.8. The van der Waals surface area contributed by atoms with Crippen LogP contribution in [0.15, 0.2) is 60.7 Å². The molecule has 2 aromatic rings. The first-order valence-corrected chi connectivity index (χ1v) is 11.1. The van der Waals surface area contributed by atoms with Gasteiger partial charge in [-0.2, -0.15) is 0 Å². The van der Waals surface area contributed by atoms with Gasteiger partial charge in [-0.15, -0.1) is 0 Å². The van der Waals surface area contributed by atoms with E-state index in [1.807, 2.05) is 18.2 Å². The van der Waals surface area contributed by atoms with Crippen LogP contribution in [0.2, 0.25) is 0 Å². The van der Waals surface area contributed by atoms with Gasteiger partial charge in [0.25, 0.3) is 0 Å². The number of ether oxygens (including phenoxy) is 2. The van der Waals surface area contributed by atoms with Crippen LogP contribution in [0.4, 0.5) is 0 Å². The molecule has 1 atom stereocenters. The molecule has 2 rings (SSSR count). The molecule has 0 saturated heterocycles. The number of carbonyl (C=O) groups is 2. The molecule has 0 aromatic heterocycles. The van der Waals surface area contributed by atoms with Gasteiger partial charge in [-0.25, -0.2) is 9.59 Å². The highest BCUT2D eigenvalue weighted by molar-refractivity contribution is 5.91. The Hall–Kier alpha value is -2.92. The fourth-order valence-corrected chi connectivity index (χ4v) is 3.92. The highest BCUT2D eigenvalue weighted by Crippen LogP contribution is 2.36. The Morgan fingerprint density at radius 3 is 2.16 bits per heavy atom. The summed E-state index contributed by atoms with van der Waals surface area (Å²) in [6, 6.07) is 15.9. The number of benzene rings is 2. The molecule has 0 N–H and O–H groups in total. The molecular formula is C27H35NO4. The summed E-state index contributed by atoms with van der Waals surface area (Å²) < 4.78 is 10.6. The Kier molecular flexibility index (Phi) is 9.21. The molecule has 0 saturated carbocycles. The fraction of sp³-hybridized carbons (Fsp3) is 0.407. The molecule has 0 fully saturated rings. The summed E-state index contributed by atoms with van der Waals surface area (Å²) in [6.45, 7) is 14.9. The maximum atomic E-state index is 12.3. The van der Waals surface area contributed by atoms with E-state index in [1.165, 1.54) is 7.11 Å². The van der Waals surface area contributed by atoms with Gasteiger partial charge < -0.3 is 9.47 Å². The topological polar surface area (TPSA) is 55.8 Å². The predicted molar refractivity (Wildman–Crippen MR) is 128 cm³/mol. The van der Waals surface area contributed by atoms with E-state index in [0.29, 0.717) is 29.0 Å². The Morgan fingerprint density at radius 2 is 1.62 bits per heavy atom. The quantitative estimate of drug-likeness (QED) is 0.275. The van der Waals surface area contributed by atoms with Crippen molar-refractivity contribution in [3.05, 3.63) is 77.4 Å². The molecule has 0 radical (unpaired) electrons. The molecule has 0 aliphatic heterocycles. The van der Waals surface area contributed by atoms with Crippen molar-refractivity contribution < 1.29 is 19.1 Å². The molecule has 0 aliphatic rings. The normalized spacial score (nSPS) is 12.2. The molecule has 0 aliphatic carbocycles. The fourth-order valence-electron chi connectivity index (χ4n) is 3.92. The molecule has 2 aromatic carbocycles. The van der Waals surface area contributed by atoms with Gasteiger partial charge in [0.05, 0.1) is 12.7 Å². The SMILES string of the molecule is C=C(C)C(=O)Oc1ccc(C(=O)OC)cc1[C@H](CCN(C(C)C)C(C)C)c1ccccc1. The number of esters is 2. The van der Waals surface area contributed by atoms with Crippen molar-refractivity contribution in [1.82, 2.24) is 4.90 Å². The molecule has 5 nitrogen and oxygen atoms in total. The summed E-state index contributed by atoms with van der Waals surface area (Å²) in [6.07, 6.45) is 0.794. The molecular weight excluding hydrogens is 402 g/mol.